The average Bonchev–Trinajstić information content (AvgIpc) is 2.74. The molecule has 4 rings (SSSR count). The van der Waals surface area contributed by atoms with Gasteiger partial charge in [-0.1, -0.05) is 0 Å². The molecular formula is C11H16N4. The summed E-state index contributed by atoms with van der Waals surface area (Å²) < 4.78 is 2.33. The lowest BCUT2D eigenvalue weighted by molar-refractivity contribution is 0.466. The summed E-state index contributed by atoms with van der Waals surface area (Å²) >= 11 is 0. The Labute approximate surface area is 89.1 Å². The van der Waals surface area contributed by atoms with E-state index in [9.17, 15) is 0 Å². The van der Waals surface area contributed by atoms with Crippen LogP contribution in [0, 0.1) is 0 Å². The molecule has 4 heteroatoms. The Balaban J connectivity index is 1.68. The molecule has 3 fully saturated rings. The third-order valence-electron chi connectivity index (χ3n) is 4.17. The van der Waals surface area contributed by atoms with Crippen LogP contribution in [0.1, 0.15) is 49.9 Å². The molecule has 1 aromatic rings. The maximum atomic E-state index is 4.35. The van der Waals surface area contributed by atoms with Gasteiger partial charge in [-0.15, -0.1) is 10.2 Å². The molecule has 0 amide bonds. The number of fused-ring (bicyclic) bond motifs is 2. The van der Waals surface area contributed by atoms with Crippen LogP contribution in [0.2, 0.25) is 0 Å². The molecule has 0 aromatic carbocycles. The Morgan fingerprint density at radius 3 is 2.87 bits per heavy atom. The highest BCUT2D eigenvalue weighted by atomic mass is 15.3. The van der Waals surface area contributed by atoms with Crippen LogP contribution in [-0.4, -0.2) is 26.8 Å². The second-order valence-corrected chi connectivity index (χ2v) is 5.22. The topological polar surface area (TPSA) is 42.7 Å². The van der Waals surface area contributed by atoms with E-state index in [1.807, 2.05) is 6.33 Å². The number of nitrogens with one attached hydrogen (secondary N) is 1. The van der Waals surface area contributed by atoms with Gasteiger partial charge in [0.15, 0.2) is 0 Å². The van der Waals surface area contributed by atoms with Crippen LogP contribution in [0.5, 0.6) is 0 Å². The van der Waals surface area contributed by atoms with Crippen LogP contribution in [0.4, 0.5) is 0 Å². The predicted molar refractivity (Wildman–Crippen MR) is 55.6 cm³/mol. The molecule has 15 heavy (non-hydrogen) atoms. The molecule has 2 aliphatic heterocycles. The van der Waals surface area contributed by atoms with E-state index in [0.29, 0.717) is 18.0 Å². The van der Waals surface area contributed by atoms with Crippen LogP contribution in [0.25, 0.3) is 0 Å². The molecule has 1 N–H and O–H groups in total. The summed E-state index contributed by atoms with van der Waals surface area (Å²) in [4.78, 5) is 0. The Morgan fingerprint density at radius 2 is 2.20 bits per heavy atom. The van der Waals surface area contributed by atoms with E-state index in [-0.39, 0.29) is 0 Å². The summed E-state index contributed by atoms with van der Waals surface area (Å²) in [5.41, 5.74) is 0. The molecule has 3 aliphatic rings. The summed E-state index contributed by atoms with van der Waals surface area (Å²) in [5.74, 6) is 1.88. The second kappa shape index (κ2) is 2.82. The molecule has 1 saturated carbocycles. The van der Waals surface area contributed by atoms with E-state index in [0.717, 1.165) is 6.04 Å². The molecule has 3 atom stereocenters. The monoisotopic (exact) mass is 204 g/mol. The zero-order valence-electron chi connectivity index (χ0n) is 8.76. The molecule has 1 aromatic heterocycles. The van der Waals surface area contributed by atoms with Gasteiger partial charge in [-0.2, -0.15) is 0 Å². The summed E-state index contributed by atoms with van der Waals surface area (Å²) in [6, 6.07) is 2.15. The van der Waals surface area contributed by atoms with Crippen LogP contribution >= 0.6 is 0 Å². The quantitative estimate of drug-likeness (QED) is 0.787. The summed E-state index contributed by atoms with van der Waals surface area (Å²) in [6.45, 7) is 0. The van der Waals surface area contributed by atoms with Gasteiger partial charge in [0.2, 0.25) is 0 Å². The smallest absolute Gasteiger partial charge is 0.137 e. The van der Waals surface area contributed by atoms with E-state index in [1.165, 1.54) is 37.9 Å². The summed E-state index contributed by atoms with van der Waals surface area (Å²) in [5, 5.41) is 12.1. The average molecular weight is 204 g/mol. The molecule has 4 nitrogen and oxygen atoms in total. The molecule has 0 radical (unpaired) electrons. The first kappa shape index (κ1) is 8.28. The lowest BCUT2D eigenvalue weighted by atomic mass is 9.88. The first-order valence-corrected chi connectivity index (χ1v) is 6.07. The second-order valence-electron chi connectivity index (χ2n) is 5.22. The van der Waals surface area contributed by atoms with Gasteiger partial charge in [0.05, 0.1) is 0 Å². The van der Waals surface area contributed by atoms with Crippen molar-refractivity contribution in [2.45, 2.75) is 56.1 Å². The first-order valence-electron chi connectivity index (χ1n) is 6.07. The zero-order chi connectivity index (χ0) is 9.83. The third-order valence-corrected chi connectivity index (χ3v) is 4.17. The summed E-state index contributed by atoms with van der Waals surface area (Å²) in [7, 11) is 0. The lowest BCUT2D eigenvalue weighted by Crippen LogP contribution is -2.23. The van der Waals surface area contributed by atoms with E-state index in [4.69, 9.17) is 0 Å². The van der Waals surface area contributed by atoms with Gasteiger partial charge in [0.25, 0.3) is 0 Å². The molecule has 80 valence electrons. The highest BCUT2D eigenvalue weighted by Crippen LogP contribution is 2.42. The minimum atomic E-state index is 0.631. The number of rotatable bonds is 2. The lowest BCUT2D eigenvalue weighted by Gasteiger charge is -2.19. The largest absolute Gasteiger partial charge is 0.314 e. The fraction of sp³-hybridized carbons (Fsp3) is 0.818. The Hall–Kier alpha value is -0.900. The first-order chi connectivity index (χ1) is 7.42. The molecule has 2 saturated heterocycles. The van der Waals surface area contributed by atoms with Crippen molar-refractivity contribution in [1.29, 1.82) is 0 Å². The third kappa shape index (κ3) is 1.17. The van der Waals surface area contributed by atoms with Crippen molar-refractivity contribution in [2.75, 3.05) is 0 Å². The number of nitrogens with zero attached hydrogens (tertiary/aromatic N) is 3. The number of hydrogen-bond acceptors (Lipinski definition) is 3. The minimum Gasteiger partial charge on any atom is -0.314 e. The van der Waals surface area contributed by atoms with Crippen LogP contribution < -0.4 is 5.32 Å². The maximum absolute atomic E-state index is 4.35. The normalized spacial score (nSPS) is 38.8. The van der Waals surface area contributed by atoms with E-state index < -0.39 is 0 Å². The van der Waals surface area contributed by atoms with Gasteiger partial charge in [-0.3, -0.25) is 0 Å². The van der Waals surface area contributed by atoms with E-state index in [1.54, 1.807) is 0 Å². The maximum Gasteiger partial charge on any atom is 0.137 e. The minimum absolute atomic E-state index is 0.631. The SMILES string of the molecule is c1nnc(C2CC3CCC2N3)n1C1CC1. The molecule has 2 bridgehead atoms. The van der Waals surface area contributed by atoms with Gasteiger partial charge in [0.1, 0.15) is 12.2 Å². The predicted octanol–water partition coefficient (Wildman–Crippen LogP) is 1.22. The van der Waals surface area contributed by atoms with Crippen molar-refractivity contribution in [3.63, 3.8) is 0 Å². The van der Waals surface area contributed by atoms with Crippen LogP contribution in [-0.2, 0) is 0 Å². The Bertz CT molecular complexity index is 382. The Morgan fingerprint density at radius 1 is 1.27 bits per heavy atom. The van der Waals surface area contributed by atoms with Crippen molar-refractivity contribution in [3.8, 4) is 0 Å². The van der Waals surface area contributed by atoms with E-state index >= 15 is 0 Å². The Kier molecular flexibility index (Phi) is 1.55. The van der Waals surface area contributed by atoms with Crippen molar-refractivity contribution >= 4 is 0 Å². The zero-order valence-corrected chi connectivity index (χ0v) is 8.76. The number of aromatic nitrogens is 3. The highest BCUT2D eigenvalue weighted by Gasteiger charge is 2.43. The van der Waals surface area contributed by atoms with Crippen molar-refractivity contribution in [2.24, 2.45) is 0 Å². The molecule has 3 unspecified atom stereocenters. The van der Waals surface area contributed by atoms with Gasteiger partial charge < -0.3 is 9.88 Å². The van der Waals surface area contributed by atoms with Gasteiger partial charge in [0, 0.05) is 24.0 Å². The van der Waals surface area contributed by atoms with Crippen molar-refractivity contribution < 1.29 is 0 Å². The molecule has 3 heterocycles. The van der Waals surface area contributed by atoms with Crippen molar-refractivity contribution in [1.82, 2.24) is 20.1 Å². The van der Waals surface area contributed by atoms with Gasteiger partial charge in [-0.05, 0) is 32.1 Å². The number of hydrogen-bond donors (Lipinski definition) is 1. The molecular weight excluding hydrogens is 188 g/mol. The molecule has 0 spiro atoms. The van der Waals surface area contributed by atoms with E-state index in [2.05, 4.69) is 20.1 Å². The van der Waals surface area contributed by atoms with Crippen LogP contribution in [0.3, 0.4) is 0 Å². The molecule has 1 aliphatic carbocycles. The summed E-state index contributed by atoms with van der Waals surface area (Å²) in [6.07, 6.45) is 8.53. The van der Waals surface area contributed by atoms with Gasteiger partial charge in [-0.25, -0.2) is 0 Å². The van der Waals surface area contributed by atoms with Crippen LogP contribution in [0.15, 0.2) is 6.33 Å². The fourth-order valence-electron chi connectivity index (χ4n) is 3.26. The fourth-order valence-corrected chi connectivity index (χ4v) is 3.26. The van der Waals surface area contributed by atoms with Crippen molar-refractivity contribution in [3.05, 3.63) is 12.2 Å². The van der Waals surface area contributed by atoms with Gasteiger partial charge >= 0.3 is 0 Å². The standard InChI is InChI=1S/C11H16N4/c1-4-10-9(5-7(1)13-10)11-14-12-6-15(11)8-2-3-8/h6-10,13H,1-5H2. The highest BCUT2D eigenvalue weighted by molar-refractivity contribution is 5.13.